The molecule has 68 heavy (non-hydrogen) atoms. The molecule has 1 N–H and O–H groups in total. The third kappa shape index (κ3) is 7.92. The lowest BCUT2D eigenvalue weighted by Crippen LogP contribution is -2.82. The molecule has 11 atom stereocenters. The van der Waals surface area contributed by atoms with Gasteiger partial charge in [-0.15, -0.1) is 0 Å². The number of benzene rings is 3. The number of esters is 4. The summed E-state index contributed by atoms with van der Waals surface area (Å²) in [5.74, 6) is -5.03. The van der Waals surface area contributed by atoms with E-state index in [1.807, 2.05) is 60.7 Å². The second-order valence-corrected chi connectivity index (χ2v) is 24.4. The number of ketones is 1. The largest absolute Gasteiger partial charge is 0.459 e. The highest BCUT2D eigenvalue weighted by molar-refractivity contribution is 6.73. The number of aliphatic hydroxyl groups excluding tert-OH is 1. The van der Waals surface area contributed by atoms with Gasteiger partial charge in [-0.1, -0.05) is 101 Å². The Labute approximate surface area is 398 Å². The van der Waals surface area contributed by atoms with Crippen molar-refractivity contribution in [2.24, 2.45) is 21.7 Å². The minimum atomic E-state index is -2.65. The number of rotatable bonds is 13. The van der Waals surface area contributed by atoms with Crippen LogP contribution >= 0.6 is 0 Å². The monoisotopic (exact) mass is 949 g/mol. The molecule has 0 amide bonds. The number of fused-ring (bicyclic) bond motifs is 5. The lowest BCUT2D eigenvalue weighted by atomic mass is 9.44. The second-order valence-electron chi connectivity index (χ2n) is 19.7. The van der Waals surface area contributed by atoms with Crippen molar-refractivity contribution < 1.29 is 61.9 Å². The van der Waals surface area contributed by atoms with Crippen molar-refractivity contribution in [1.82, 2.24) is 0 Å². The minimum absolute atomic E-state index is 0.0953. The average Bonchev–Trinajstić information content (AvgIpc) is 3.78. The minimum Gasteiger partial charge on any atom is -0.459 e. The van der Waals surface area contributed by atoms with Gasteiger partial charge < -0.3 is 38.0 Å². The molecule has 1 saturated heterocycles. The summed E-state index contributed by atoms with van der Waals surface area (Å²) in [4.78, 5) is 79.1. The molecular formula is C53H63NO13Si. The quantitative estimate of drug-likeness (QED) is 0.0759. The normalized spacial score (nSPS) is 32.7. The molecule has 2 aliphatic heterocycles. The van der Waals surface area contributed by atoms with E-state index in [1.165, 1.54) is 13.8 Å². The smallest absolute Gasteiger partial charge is 0.350 e. The van der Waals surface area contributed by atoms with Crippen molar-refractivity contribution >= 4 is 43.9 Å². The third-order valence-electron chi connectivity index (χ3n) is 15.9. The summed E-state index contributed by atoms with van der Waals surface area (Å²) in [6.45, 7) is 15.2. The molecule has 3 fully saturated rings. The first-order valence-electron chi connectivity index (χ1n) is 23.8. The highest BCUT2D eigenvalue weighted by atomic mass is 28.4. The van der Waals surface area contributed by atoms with Crippen LogP contribution in [-0.2, 0) is 52.0 Å². The zero-order valence-corrected chi connectivity index (χ0v) is 41.3. The summed E-state index contributed by atoms with van der Waals surface area (Å²) in [6, 6.07) is 27.8. The molecule has 2 heterocycles. The van der Waals surface area contributed by atoms with E-state index in [0.29, 0.717) is 34.8 Å². The average molecular weight is 950 g/mol. The first kappa shape index (κ1) is 49.0. The van der Waals surface area contributed by atoms with Gasteiger partial charge in [0.2, 0.25) is 12.0 Å². The number of ether oxygens (including phenoxy) is 6. The van der Waals surface area contributed by atoms with Gasteiger partial charge in [0.15, 0.2) is 37.5 Å². The zero-order valence-electron chi connectivity index (χ0n) is 40.3. The number of carbonyl (C=O) groups is 5. The van der Waals surface area contributed by atoms with E-state index < -0.39 is 109 Å². The predicted molar refractivity (Wildman–Crippen MR) is 252 cm³/mol. The van der Waals surface area contributed by atoms with E-state index in [9.17, 15) is 14.7 Å². The van der Waals surface area contributed by atoms with E-state index in [1.54, 1.807) is 58.0 Å². The molecule has 3 aliphatic carbocycles. The van der Waals surface area contributed by atoms with Gasteiger partial charge >= 0.3 is 23.9 Å². The van der Waals surface area contributed by atoms with Crippen molar-refractivity contribution in [3.63, 3.8) is 0 Å². The Bertz CT molecular complexity index is 2480. The van der Waals surface area contributed by atoms with E-state index >= 15 is 14.4 Å². The van der Waals surface area contributed by atoms with Gasteiger partial charge in [-0.3, -0.25) is 14.4 Å². The van der Waals surface area contributed by atoms with Crippen molar-refractivity contribution in [1.29, 1.82) is 0 Å². The van der Waals surface area contributed by atoms with Crippen LogP contribution in [0.1, 0.15) is 103 Å². The van der Waals surface area contributed by atoms with Crippen molar-refractivity contribution in [2.75, 3.05) is 6.61 Å². The maximum absolute atomic E-state index is 16.4. The van der Waals surface area contributed by atoms with Gasteiger partial charge in [-0.05, 0) is 73.0 Å². The Morgan fingerprint density at radius 3 is 1.99 bits per heavy atom. The van der Waals surface area contributed by atoms with Crippen molar-refractivity contribution in [2.45, 2.75) is 147 Å². The van der Waals surface area contributed by atoms with E-state index in [0.717, 1.165) is 0 Å². The van der Waals surface area contributed by atoms with Crippen LogP contribution in [0.2, 0.25) is 18.1 Å². The van der Waals surface area contributed by atoms with Gasteiger partial charge in [0.25, 0.3) is 0 Å². The van der Waals surface area contributed by atoms with Gasteiger partial charge in [-0.2, -0.15) is 0 Å². The number of hydrogen-bond donors (Lipinski definition) is 1. The number of hydrogen-bond acceptors (Lipinski definition) is 14. The zero-order chi connectivity index (χ0) is 49.0. The van der Waals surface area contributed by atoms with Gasteiger partial charge in [0.05, 0.1) is 35.7 Å². The molecule has 0 spiro atoms. The van der Waals surface area contributed by atoms with Crippen LogP contribution in [0.25, 0.3) is 0 Å². The molecule has 14 nitrogen and oxygen atoms in total. The number of aliphatic hydroxyl groups is 1. The van der Waals surface area contributed by atoms with Gasteiger partial charge in [0, 0.05) is 37.7 Å². The fourth-order valence-corrected chi connectivity index (χ4v) is 15.0. The second kappa shape index (κ2) is 18.4. The molecule has 0 aromatic heterocycles. The Balaban J connectivity index is 1.42. The molecule has 0 radical (unpaired) electrons. The Kier molecular flexibility index (Phi) is 13.3. The molecule has 3 aromatic rings. The summed E-state index contributed by atoms with van der Waals surface area (Å²) in [5.41, 5.74) is -5.35. The first-order valence-corrected chi connectivity index (χ1v) is 26.3. The van der Waals surface area contributed by atoms with Crippen LogP contribution in [0.5, 0.6) is 0 Å². The highest BCUT2D eigenvalue weighted by Crippen LogP contribution is 2.66. The van der Waals surface area contributed by atoms with E-state index in [4.69, 9.17) is 37.8 Å². The first-order chi connectivity index (χ1) is 32.3. The summed E-state index contributed by atoms with van der Waals surface area (Å²) < 4.78 is 47.0. The third-order valence-corrected chi connectivity index (χ3v) is 20.6. The molecule has 5 aliphatic rings. The standard InChI is InChI=1S/C53H63NO13Si/c1-10-68(11-2,12-3)67-38-28-39-52(30-61-39,65-33(6)56)44-46(64-48(59)36-26-20-15-21-27-36)53(29-37(57)31(4)40(50(53,7)8)42(62-32(5)55)45(58)51(38,44)9)66-49(60)43-41(34-22-16-13-17-23-34)54-47(63-43)35-24-18-14-19-25-35/h13-27,37-39,41-44,46,57H,10-12,28-30H2,1-9H3/t37-,38-,39+,41-,42+,43-,44-,46-,51+,52-,53+/m0/s1. The van der Waals surface area contributed by atoms with Crippen LogP contribution in [0, 0.1) is 16.7 Å². The SMILES string of the molecule is CC[Si](CC)(CC)O[C@H]1C[C@H]2OC[C@@]2(OC(C)=O)[C@H]2[C@H](OC(=O)c3ccccc3)[C@]3(OC(=O)[C@H]4OC(c5ccccc5)=N[C@H]4c4ccccc4)C[C@H](O)C(C)=C([C@@H](OC(C)=O)C(=O)[C@]12C)C3(C)C. The Morgan fingerprint density at radius 2 is 1.43 bits per heavy atom. The molecule has 2 saturated carbocycles. The summed E-state index contributed by atoms with van der Waals surface area (Å²) >= 11 is 0. The number of aliphatic imine (C=N–C) groups is 1. The highest BCUT2D eigenvalue weighted by Gasteiger charge is 2.80. The van der Waals surface area contributed by atoms with Crippen LogP contribution < -0.4 is 0 Å². The summed E-state index contributed by atoms with van der Waals surface area (Å²) in [5, 5.41) is 12.5. The molecular weight excluding hydrogens is 887 g/mol. The maximum Gasteiger partial charge on any atom is 0.350 e. The molecule has 8 rings (SSSR count). The fourth-order valence-electron chi connectivity index (χ4n) is 12.0. The van der Waals surface area contributed by atoms with Gasteiger partial charge in [0.1, 0.15) is 12.1 Å². The Hall–Kier alpha value is -5.48. The lowest BCUT2D eigenvalue weighted by Gasteiger charge is -2.68. The predicted octanol–water partition coefficient (Wildman–Crippen LogP) is 7.82. The Morgan fingerprint density at radius 1 is 0.824 bits per heavy atom. The molecule has 0 unspecified atom stereocenters. The lowest BCUT2D eigenvalue weighted by molar-refractivity contribution is -0.345. The number of carbonyl (C=O) groups excluding carboxylic acids is 5. The molecule has 362 valence electrons. The van der Waals surface area contributed by atoms with Crippen LogP contribution in [0.3, 0.4) is 0 Å². The van der Waals surface area contributed by atoms with Crippen LogP contribution in [0.15, 0.2) is 107 Å². The molecule has 15 heteroatoms. The van der Waals surface area contributed by atoms with E-state index in [-0.39, 0.29) is 36.5 Å². The summed E-state index contributed by atoms with van der Waals surface area (Å²) in [6.07, 6.45) is -8.35. The summed E-state index contributed by atoms with van der Waals surface area (Å²) in [7, 11) is -2.65. The maximum atomic E-state index is 16.4. The molecule has 3 aromatic carbocycles. The number of Topliss-reactive ketones (excluding diaryl/α,β-unsaturated/α-hetero) is 1. The van der Waals surface area contributed by atoms with Crippen molar-refractivity contribution in [3.8, 4) is 0 Å². The molecule has 2 bridgehead atoms. The van der Waals surface area contributed by atoms with Crippen LogP contribution in [0.4, 0.5) is 0 Å². The number of nitrogens with zero attached hydrogens (tertiary/aromatic N) is 1. The fraction of sp³-hybridized carbons (Fsp3) is 0.509. The van der Waals surface area contributed by atoms with Crippen molar-refractivity contribution in [3.05, 3.63) is 119 Å². The van der Waals surface area contributed by atoms with E-state index in [2.05, 4.69) is 20.8 Å². The topological polar surface area (TPSA) is 183 Å². The van der Waals surface area contributed by atoms with Crippen LogP contribution in [-0.4, -0.2) is 103 Å². The van der Waals surface area contributed by atoms with Gasteiger partial charge in [-0.25, -0.2) is 14.6 Å².